The molecule has 3 aromatic rings. The second kappa shape index (κ2) is 9.60. The number of amides is 1. The highest BCUT2D eigenvalue weighted by Gasteiger charge is 2.33. The van der Waals surface area contributed by atoms with Gasteiger partial charge in [0.25, 0.3) is 5.91 Å². The predicted octanol–water partition coefficient (Wildman–Crippen LogP) is 3.33. The van der Waals surface area contributed by atoms with E-state index in [1.807, 2.05) is 51.1 Å². The largest absolute Gasteiger partial charge is 0.497 e. The number of nitrogens with zero attached hydrogens (tertiary/aromatic N) is 4. The normalized spacial score (nSPS) is 13.2. The lowest BCUT2D eigenvalue weighted by atomic mass is 10.1. The zero-order chi connectivity index (χ0) is 23.5. The Bertz CT molecular complexity index is 1170. The van der Waals surface area contributed by atoms with Crippen LogP contribution in [0.1, 0.15) is 47.5 Å². The molecular formula is C25H30N4O4. The molecule has 33 heavy (non-hydrogen) atoms. The van der Waals surface area contributed by atoms with Crippen LogP contribution in [0.4, 0.5) is 0 Å². The fourth-order valence-electron chi connectivity index (χ4n) is 4.06. The molecule has 1 amide bonds. The van der Waals surface area contributed by atoms with Crippen molar-refractivity contribution >= 4 is 17.5 Å². The van der Waals surface area contributed by atoms with Crippen LogP contribution in [-0.2, 0) is 27.3 Å². The van der Waals surface area contributed by atoms with Crippen molar-refractivity contribution in [2.24, 2.45) is 0 Å². The summed E-state index contributed by atoms with van der Waals surface area (Å²) in [7, 11) is 1.62. The molecule has 8 nitrogen and oxygen atoms in total. The van der Waals surface area contributed by atoms with E-state index < -0.39 is 0 Å². The lowest BCUT2D eigenvalue weighted by molar-refractivity contribution is -0.152. The van der Waals surface area contributed by atoms with Gasteiger partial charge in [-0.15, -0.1) is 0 Å². The first-order valence-electron chi connectivity index (χ1n) is 11.3. The number of aryl methyl sites for hydroxylation is 3. The van der Waals surface area contributed by atoms with Gasteiger partial charge in [0.15, 0.2) is 12.3 Å². The van der Waals surface area contributed by atoms with E-state index in [0.29, 0.717) is 13.0 Å². The molecule has 174 valence electrons. The number of aromatic nitrogens is 3. The Hall–Kier alpha value is -3.42. The third kappa shape index (κ3) is 5.32. The number of methoxy groups -OCH3 is 1. The molecule has 4 rings (SSSR count). The van der Waals surface area contributed by atoms with Crippen molar-refractivity contribution in [2.75, 3.05) is 13.7 Å². The summed E-state index contributed by atoms with van der Waals surface area (Å²) in [4.78, 5) is 31.6. The topological polar surface area (TPSA) is 86.0 Å². The molecule has 0 atom stereocenters. The van der Waals surface area contributed by atoms with E-state index in [4.69, 9.17) is 9.47 Å². The molecule has 2 heterocycles. The third-order valence-corrected chi connectivity index (χ3v) is 6.04. The smallest absolute Gasteiger partial charge is 0.306 e. The van der Waals surface area contributed by atoms with Gasteiger partial charge in [-0.05, 0) is 63.3 Å². The molecule has 0 spiro atoms. The van der Waals surface area contributed by atoms with Gasteiger partial charge in [-0.3, -0.25) is 9.59 Å². The van der Waals surface area contributed by atoms with E-state index in [0.717, 1.165) is 52.4 Å². The lowest BCUT2D eigenvalue weighted by Gasteiger charge is -2.22. The Morgan fingerprint density at radius 3 is 2.55 bits per heavy atom. The van der Waals surface area contributed by atoms with Crippen molar-refractivity contribution in [3.63, 3.8) is 0 Å². The molecule has 1 fully saturated rings. The number of benzene rings is 1. The van der Waals surface area contributed by atoms with E-state index in [1.54, 1.807) is 16.5 Å². The third-order valence-electron chi connectivity index (χ3n) is 6.04. The average molecular weight is 451 g/mol. The van der Waals surface area contributed by atoms with Crippen LogP contribution in [0.25, 0.3) is 5.65 Å². The quantitative estimate of drug-likeness (QED) is 0.465. The van der Waals surface area contributed by atoms with Crippen LogP contribution >= 0.6 is 0 Å². The monoisotopic (exact) mass is 450 g/mol. The maximum Gasteiger partial charge on any atom is 0.306 e. The van der Waals surface area contributed by atoms with Crippen LogP contribution in [0.2, 0.25) is 0 Å². The molecule has 1 aliphatic rings. The molecule has 0 radical (unpaired) electrons. The van der Waals surface area contributed by atoms with Crippen molar-refractivity contribution in [2.45, 2.75) is 59.0 Å². The Labute approximate surface area is 193 Å². The number of carbonyl (C=O) groups is 2. The first-order chi connectivity index (χ1) is 15.9. The Morgan fingerprint density at radius 1 is 1.15 bits per heavy atom. The van der Waals surface area contributed by atoms with Crippen molar-refractivity contribution in [3.05, 3.63) is 58.5 Å². The number of esters is 1. The first-order valence-corrected chi connectivity index (χ1v) is 11.3. The highest BCUT2D eigenvalue weighted by Crippen LogP contribution is 2.29. The van der Waals surface area contributed by atoms with Gasteiger partial charge < -0.3 is 14.4 Å². The van der Waals surface area contributed by atoms with E-state index in [2.05, 4.69) is 10.1 Å². The molecule has 2 aromatic heterocycles. The highest BCUT2D eigenvalue weighted by molar-refractivity contribution is 5.81. The molecule has 8 heteroatoms. The minimum absolute atomic E-state index is 0.163. The van der Waals surface area contributed by atoms with Gasteiger partial charge in [0.05, 0.1) is 12.8 Å². The Balaban J connectivity index is 1.32. The summed E-state index contributed by atoms with van der Waals surface area (Å²) in [6.07, 6.45) is 2.64. The van der Waals surface area contributed by atoms with Crippen molar-refractivity contribution < 1.29 is 19.1 Å². The molecule has 0 unspecified atom stereocenters. The van der Waals surface area contributed by atoms with E-state index >= 15 is 0 Å². The summed E-state index contributed by atoms with van der Waals surface area (Å²) in [6, 6.07) is 9.81. The van der Waals surface area contributed by atoms with Gasteiger partial charge in [-0.25, -0.2) is 9.50 Å². The molecule has 0 N–H and O–H groups in total. The van der Waals surface area contributed by atoms with E-state index in [1.165, 1.54) is 0 Å². The number of ether oxygens (including phenoxy) is 2. The summed E-state index contributed by atoms with van der Waals surface area (Å²) in [5.41, 5.74) is 5.54. The van der Waals surface area contributed by atoms with Crippen LogP contribution < -0.4 is 4.74 Å². The summed E-state index contributed by atoms with van der Waals surface area (Å²) < 4.78 is 12.3. The van der Waals surface area contributed by atoms with Crippen LogP contribution in [0.15, 0.2) is 30.3 Å². The minimum Gasteiger partial charge on any atom is -0.497 e. The second-order valence-electron chi connectivity index (χ2n) is 8.58. The van der Waals surface area contributed by atoms with Crippen LogP contribution in [0.5, 0.6) is 5.75 Å². The Morgan fingerprint density at radius 2 is 1.88 bits per heavy atom. The zero-order valence-corrected chi connectivity index (χ0v) is 19.6. The predicted molar refractivity (Wildman–Crippen MR) is 123 cm³/mol. The Kier molecular flexibility index (Phi) is 6.62. The van der Waals surface area contributed by atoms with Crippen LogP contribution in [-0.4, -0.2) is 51.1 Å². The molecule has 0 bridgehead atoms. The van der Waals surface area contributed by atoms with Gasteiger partial charge in [-0.2, -0.15) is 5.10 Å². The first kappa shape index (κ1) is 22.8. The fraction of sp³-hybridized carbons (Fsp3) is 0.440. The van der Waals surface area contributed by atoms with Gasteiger partial charge in [0.2, 0.25) is 0 Å². The summed E-state index contributed by atoms with van der Waals surface area (Å²) >= 11 is 0. The molecule has 1 aliphatic carbocycles. The average Bonchev–Trinajstić information content (AvgIpc) is 3.57. The summed E-state index contributed by atoms with van der Waals surface area (Å²) in [6.45, 7) is 6.10. The van der Waals surface area contributed by atoms with Gasteiger partial charge in [0.1, 0.15) is 5.75 Å². The van der Waals surface area contributed by atoms with Gasteiger partial charge in [-0.1, -0.05) is 12.1 Å². The van der Waals surface area contributed by atoms with E-state index in [-0.39, 0.29) is 30.9 Å². The standard InChI is InChI=1S/C25H30N4O4/c1-16-13-23-26-17(2)22(18(3)29(23)27-16)11-12-25(31)33-15-24(30)28(20-7-8-20)14-19-5-9-21(32-4)10-6-19/h5-6,9-10,13,20H,7-8,11-12,14-15H2,1-4H3. The molecular weight excluding hydrogens is 420 g/mol. The number of fused-ring (bicyclic) bond motifs is 1. The molecule has 0 aliphatic heterocycles. The van der Waals surface area contributed by atoms with Crippen molar-refractivity contribution in [1.29, 1.82) is 0 Å². The maximum atomic E-state index is 12.8. The van der Waals surface area contributed by atoms with Gasteiger partial charge >= 0.3 is 5.97 Å². The second-order valence-corrected chi connectivity index (χ2v) is 8.58. The van der Waals surface area contributed by atoms with Crippen LogP contribution in [0.3, 0.4) is 0 Å². The fourth-order valence-corrected chi connectivity index (χ4v) is 4.06. The van der Waals surface area contributed by atoms with Gasteiger partial charge in [0, 0.05) is 36.5 Å². The van der Waals surface area contributed by atoms with Crippen molar-refractivity contribution in [3.8, 4) is 5.75 Å². The zero-order valence-electron chi connectivity index (χ0n) is 19.6. The maximum absolute atomic E-state index is 12.8. The molecule has 0 saturated heterocycles. The highest BCUT2D eigenvalue weighted by atomic mass is 16.5. The summed E-state index contributed by atoms with van der Waals surface area (Å²) in [5.74, 6) is 0.225. The van der Waals surface area contributed by atoms with Crippen molar-refractivity contribution in [1.82, 2.24) is 19.5 Å². The van der Waals surface area contributed by atoms with Crippen LogP contribution in [0, 0.1) is 20.8 Å². The molecule has 1 aromatic carbocycles. The molecule has 1 saturated carbocycles. The number of hydrogen-bond donors (Lipinski definition) is 0. The number of hydrogen-bond acceptors (Lipinski definition) is 6. The van der Waals surface area contributed by atoms with E-state index in [9.17, 15) is 9.59 Å². The lowest BCUT2D eigenvalue weighted by Crippen LogP contribution is -2.36. The number of carbonyl (C=O) groups excluding carboxylic acids is 2. The summed E-state index contributed by atoms with van der Waals surface area (Å²) in [5, 5.41) is 4.47. The SMILES string of the molecule is COc1ccc(CN(C(=O)COC(=O)CCc2c(C)nc3cc(C)nn3c2C)C2CC2)cc1. The minimum atomic E-state index is -0.390. The number of rotatable bonds is 9.